The van der Waals surface area contributed by atoms with E-state index in [1.54, 1.807) is 12.2 Å². The van der Waals surface area contributed by atoms with Crippen LogP contribution in [0.15, 0.2) is 54.3 Å². The van der Waals surface area contributed by atoms with Crippen LogP contribution < -0.4 is 5.73 Å². The van der Waals surface area contributed by atoms with Gasteiger partial charge < -0.3 is 15.6 Å². The third kappa shape index (κ3) is 3.69. The number of carboxylic acids is 1. The van der Waals surface area contributed by atoms with E-state index >= 15 is 0 Å². The van der Waals surface area contributed by atoms with Gasteiger partial charge in [-0.1, -0.05) is 36.4 Å². The van der Waals surface area contributed by atoms with Gasteiger partial charge in [0.1, 0.15) is 18.4 Å². The lowest BCUT2D eigenvalue weighted by Crippen LogP contribution is -2.37. The third-order valence-corrected chi connectivity index (χ3v) is 3.09. The second-order valence-corrected chi connectivity index (χ2v) is 4.50. The van der Waals surface area contributed by atoms with Gasteiger partial charge in [0.2, 0.25) is 0 Å². The normalized spacial score (nSPS) is 19.6. The van der Waals surface area contributed by atoms with Crippen molar-refractivity contribution < 1.29 is 14.6 Å². The van der Waals surface area contributed by atoms with E-state index in [2.05, 4.69) is 0 Å². The fourth-order valence-corrected chi connectivity index (χ4v) is 1.91. The monoisotopic (exact) mass is 259 g/mol. The summed E-state index contributed by atoms with van der Waals surface area (Å²) in [6.45, 7) is 0.507. The molecule has 0 heterocycles. The van der Waals surface area contributed by atoms with Crippen LogP contribution >= 0.6 is 0 Å². The molecular weight excluding hydrogens is 242 g/mol. The maximum absolute atomic E-state index is 10.8. The van der Waals surface area contributed by atoms with Gasteiger partial charge in [0.25, 0.3) is 0 Å². The minimum absolute atomic E-state index is 0.165. The Kier molecular flexibility index (Phi) is 4.36. The van der Waals surface area contributed by atoms with Crippen LogP contribution in [-0.4, -0.2) is 17.1 Å². The van der Waals surface area contributed by atoms with E-state index in [1.165, 1.54) is 0 Å². The zero-order valence-corrected chi connectivity index (χ0v) is 10.5. The number of rotatable bonds is 5. The van der Waals surface area contributed by atoms with Crippen LogP contribution in [0.1, 0.15) is 12.0 Å². The number of nitrogens with two attached hydrogens (primary N) is 1. The fourth-order valence-electron chi connectivity index (χ4n) is 1.91. The van der Waals surface area contributed by atoms with E-state index in [4.69, 9.17) is 15.6 Å². The van der Waals surface area contributed by atoms with Gasteiger partial charge in [-0.05, 0) is 24.1 Å². The summed E-state index contributed by atoms with van der Waals surface area (Å²) >= 11 is 0. The number of benzene rings is 1. The molecular formula is C15H17NO3. The van der Waals surface area contributed by atoms with E-state index < -0.39 is 12.0 Å². The van der Waals surface area contributed by atoms with Crippen molar-refractivity contribution in [3.05, 3.63) is 59.9 Å². The molecule has 0 amide bonds. The van der Waals surface area contributed by atoms with E-state index in [0.717, 1.165) is 11.3 Å². The molecule has 2 rings (SSSR count). The highest BCUT2D eigenvalue weighted by Gasteiger charge is 2.22. The van der Waals surface area contributed by atoms with Gasteiger partial charge in [-0.3, -0.25) is 4.79 Å². The third-order valence-electron chi connectivity index (χ3n) is 3.09. The molecule has 0 aliphatic heterocycles. The molecule has 100 valence electrons. The van der Waals surface area contributed by atoms with Crippen LogP contribution in [0.25, 0.3) is 0 Å². The van der Waals surface area contributed by atoms with Crippen LogP contribution in [-0.2, 0) is 16.1 Å². The Morgan fingerprint density at radius 3 is 2.74 bits per heavy atom. The molecule has 0 aromatic heterocycles. The van der Waals surface area contributed by atoms with Gasteiger partial charge in [-0.2, -0.15) is 0 Å². The Balaban J connectivity index is 1.85. The molecule has 0 spiro atoms. The SMILES string of the molecule is N[C@H](C(=O)O)C1C=CC(OCc2ccccc2)=CC1. The van der Waals surface area contributed by atoms with E-state index in [-0.39, 0.29) is 5.92 Å². The summed E-state index contributed by atoms with van der Waals surface area (Å²) < 4.78 is 5.64. The number of ether oxygens (including phenoxy) is 1. The van der Waals surface area contributed by atoms with Gasteiger partial charge in [0, 0.05) is 5.92 Å². The summed E-state index contributed by atoms with van der Waals surface area (Å²) in [6, 6.07) is 9.02. The first kappa shape index (κ1) is 13.4. The van der Waals surface area contributed by atoms with Gasteiger partial charge in [0.05, 0.1) is 0 Å². The standard InChI is InChI=1S/C15H17NO3/c16-14(15(17)18)12-6-8-13(9-7-12)19-10-11-4-2-1-3-5-11/h1-6,8-9,12,14H,7,10,16H2,(H,17,18)/t12?,14-/m0/s1. The number of aliphatic carboxylic acids is 1. The summed E-state index contributed by atoms with van der Waals surface area (Å²) in [4.78, 5) is 10.8. The molecule has 1 aromatic carbocycles. The lowest BCUT2D eigenvalue weighted by Gasteiger charge is -2.19. The largest absolute Gasteiger partial charge is 0.489 e. The topological polar surface area (TPSA) is 72.6 Å². The van der Waals surface area contributed by atoms with Crippen molar-refractivity contribution in [3.63, 3.8) is 0 Å². The predicted molar refractivity (Wildman–Crippen MR) is 72.2 cm³/mol. The van der Waals surface area contributed by atoms with Crippen molar-refractivity contribution in [1.29, 1.82) is 0 Å². The Bertz CT molecular complexity index is 493. The highest BCUT2D eigenvalue weighted by atomic mass is 16.5. The molecule has 0 bridgehead atoms. The first-order valence-corrected chi connectivity index (χ1v) is 6.20. The second-order valence-electron chi connectivity index (χ2n) is 4.50. The minimum atomic E-state index is -0.975. The Hall–Kier alpha value is -2.07. The lowest BCUT2D eigenvalue weighted by atomic mass is 9.93. The first-order valence-electron chi connectivity index (χ1n) is 6.20. The lowest BCUT2D eigenvalue weighted by molar-refractivity contribution is -0.139. The van der Waals surface area contributed by atoms with Crippen LogP contribution in [0, 0.1) is 5.92 Å². The second kappa shape index (κ2) is 6.20. The molecule has 0 saturated heterocycles. The highest BCUT2D eigenvalue weighted by Crippen LogP contribution is 2.20. The predicted octanol–water partition coefficient (Wildman–Crippen LogP) is 2.08. The zero-order valence-electron chi connectivity index (χ0n) is 10.5. The number of carbonyl (C=O) groups is 1. The van der Waals surface area contributed by atoms with E-state index in [1.807, 2.05) is 36.4 Å². The molecule has 1 aliphatic rings. The molecule has 1 aliphatic carbocycles. The Labute approximate surface area is 112 Å². The molecule has 0 saturated carbocycles. The molecule has 1 aromatic rings. The molecule has 0 fully saturated rings. The smallest absolute Gasteiger partial charge is 0.321 e. The maximum Gasteiger partial charge on any atom is 0.321 e. The van der Waals surface area contributed by atoms with E-state index in [9.17, 15) is 4.79 Å². The summed E-state index contributed by atoms with van der Waals surface area (Å²) in [5.41, 5.74) is 6.68. The molecule has 3 N–H and O–H groups in total. The van der Waals surface area contributed by atoms with Gasteiger partial charge >= 0.3 is 5.97 Å². The fraction of sp³-hybridized carbons (Fsp3) is 0.267. The maximum atomic E-state index is 10.8. The summed E-state index contributed by atoms with van der Waals surface area (Å²) in [6.07, 6.45) is 6.07. The average Bonchev–Trinajstić information content (AvgIpc) is 2.46. The number of allylic oxidation sites excluding steroid dienone is 2. The summed E-state index contributed by atoms with van der Waals surface area (Å²) in [5.74, 6) is -0.379. The number of hydrogen-bond donors (Lipinski definition) is 2. The highest BCUT2D eigenvalue weighted by molar-refractivity contribution is 5.74. The van der Waals surface area contributed by atoms with Crippen LogP contribution in [0.5, 0.6) is 0 Å². The molecule has 4 heteroatoms. The summed E-state index contributed by atoms with van der Waals surface area (Å²) in [7, 11) is 0. The Morgan fingerprint density at radius 2 is 2.16 bits per heavy atom. The van der Waals surface area contributed by atoms with Crippen LogP contribution in [0.2, 0.25) is 0 Å². The number of carboxylic acid groups (broad SMARTS) is 1. The molecule has 0 radical (unpaired) electrons. The van der Waals surface area contributed by atoms with Gasteiger partial charge in [-0.15, -0.1) is 0 Å². The molecule has 4 nitrogen and oxygen atoms in total. The zero-order chi connectivity index (χ0) is 13.7. The molecule has 2 atom stereocenters. The number of hydrogen-bond acceptors (Lipinski definition) is 3. The van der Waals surface area contributed by atoms with Gasteiger partial charge in [-0.25, -0.2) is 0 Å². The first-order chi connectivity index (χ1) is 9.16. The van der Waals surface area contributed by atoms with Crippen molar-refractivity contribution in [1.82, 2.24) is 0 Å². The van der Waals surface area contributed by atoms with Crippen molar-refractivity contribution >= 4 is 5.97 Å². The minimum Gasteiger partial charge on any atom is -0.489 e. The van der Waals surface area contributed by atoms with Gasteiger partial charge in [0.15, 0.2) is 0 Å². The Morgan fingerprint density at radius 1 is 1.42 bits per heavy atom. The van der Waals surface area contributed by atoms with Crippen LogP contribution in [0.3, 0.4) is 0 Å². The van der Waals surface area contributed by atoms with E-state index in [0.29, 0.717) is 13.0 Å². The summed E-state index contributed by atoms with van der Waals surface area (Å²) in [5, 5.41) is 8.84. The van der Waals surface area contributed by atoms with Crippen molar-refractivity contribution in [2.45, 2.75) is 19.1 Å². The van der Waals surface area contributed by atoms with Crippen molar-refractivity contribution in [2.75, 3.05) is 0 Å². The van der Waals surface area contributed by atoms with Crippen molar-refractivity contribution in [3.8, 4) is 0 Å². The van der Waals surface area contributed by atoms with Crippen molar-refractivity contribution in [2.24, 2.45) is 11.7 Å². The quantitative estimate of drug-likeness (QED) is 0.849. The van der Waals surface area contributed by atoms with Crippen LogP contribution in [0.4, 0.5) is 0 Å². The molecule has 19 heavy (non-hydrogen) atoms. The average molecular weight is 259 g/mol. The molecule has 1 unspecified atom stereocenters.